The molecule has 0 saturated carbocycles. The molecule has 4 heterocycles. The normalized spacial score (nSPS) is 24.8. The van der Waals surface area contributed by atoms with E-state index < -0.39 is 18.1 Å². The Labute approximate surface area is 246 Å². The number of nitrogens with two attached hydrogens (primary N) is 1. The Kier molecular flexibility index (Phi) is 8.26. The second-order valence-electron chi connectivity index (χ2n) is 11.0. The van der Waals surface area contributed by atoms with Gasteiger partial charge in [-0.05, 0) is 44.9 Å². The number of hydrogen-bond donors (Lipinski definition) is 4. The fourth-order valence-electron chi connectivity index (χ4n) is 7.07. The molecular weight excluding hydrogens is 546 g/mol. The number of phenolic OH excluding ortho intramolecular Hbond substituents is 2. The van der Waals surface area contributed by atoms with Crippen LogP contribution in [0.1, 0.15) is 59.3 Å². The van der Waals surface area contributed by atoms with Gasteiger partial charge < -0.3 is 34.9 Å². The quantitative estimate of drug-likeness (QED) is 0.306. The molecule has 2 aromatic rings. The third-order valence-corrected chi connectivity index (χ3v) is 9.33. The summed E-state index contributed by atoms with van der Waals surface area (Å²) < 4.78 is 23.0. The average molecular weight is 588 g/mol. The van der Waals surface area contributed by atoms with E-state index in [2.05, 4.69) is 35.5 Å². The van der Waals surface area contributed by atoms with Crippen LogP contribution in [0.25, 0.3) is 0 Å². The van der Waals surface area contributed by atoms with Crippen LogP contribution < -0.4 is 19.9 Å². The lowest BCUT2D eigenvalue weighted by atomic mass is 9.74. The first kappa shape index (κ1) is 29.6. The number of piperazine rings is 1. The summed E-state index contributed by atoms with van der Waals surface area (Å²) in [7, 11) is 3.65. The number of thiol groups is 1. The van der Waals surface area contributed by atoms with Gasteiger partial charge in [-0.15, -0.1) is 0 Å². The van der Waals surface area contributed by atoms with Gasteiger partial charge in [0.25, 0.3) is 0 Å². The number of hydrogen-bond acceptors (Lipinski definition) is 11. The highest BCUT2D eigenvalue weighted by Gasteiger charge is 2.52. The van der Waals surface area contributed by atoms with Crippen LogP contribution in [-0.4, -0.2) is 84.0 Å². The number of esters is 1. The van der Waals surface area contributed by atoms with Gasteiger partial charge in [0.1, 0.15) is 18.4 Å². The standard InChI is InChI=1S/C28H35N3O7S.C2H6/c1-12-5-14-6-15-8-31-18(22(30(15)3)20(14)24(33)25(12)35-4)7-16-21(19(31)9-36-28(34)17(29)10-39)27-26(37-11-38-27)13(2)23(16)32;1-2/h5,15,17-19,22,32-33,39H,6-11,29H2,1-4H3;1-2H3. The number of ether oxygens (including phenoxy) is 4. The van der Waals surface area contributed by atoms with Crippen LogP contribution in [0.2, 0.25) is 0 Å². The second kappa shape index (κ2) is 11.4. The Morgan fingerprint density at radius 1 is 1.17 bits per heavy atom. The van der Waals surface area contributed by atoms with Gasteiger partial charge in [0, 0.05) is 46.6 Å². The largest absolute Gasteiger partial charge is 0.507 e. The van der Waals surface area contributed by atoms with Crippen molar-refractivity contribution in [3.8, 4) is 28.7 Å². The zero-order valence-corrected chi connectivity index (χ0v) is 25.5. The number of aryl methyl sites for hydroxylation is 1. The molecule has 4 aliphatic heterocycles. The molecule has 0 aromatic heterocycles. The van der Waals surface area contributed by atoms with Crippen LogP contribution in [0.3, 0.4) is 0 Å². The maximum atomic E-state index is 12.6. The Hall–Kier alpha value is -2.86. The fourth-order valence-corrected chi connectivity index (χ4v) is 7.22. The maximum absolute atomic E-state index is 12.6. The highest BCUT2D eigenvalue weighted by atomic mass is 32.1. The number of methoxy groups -OCH3 is 1. The highest BCUT2D eigenvalue weighted by molar-refractivity contribution is 7.80. The van der Waals surface area contributed by atoms with Gasteiger partial charge in [0.15, 0.2) is 23.0 Å². The molecule has 10 nitrogen and oxygen atoms in total. The minimum Gasteiger partial charge on any atom is -0.507 e. The van der Waals surface area contributed by atoms with Crippen molar-refractivity contribution in [1.82, 2.24) is 9.80 Å². The number of rotatable bonds is 5. The first-order valence-corrected chi connectivity index (χ1v) is 14.8. The maximum Gasteiger partial charge on any atom is 0.323 e. The van der Waals surface area contributed by atoms with Crippen LogP contribution in [0.4, 0.5) is 0 Å². The zero-order chi connectivity index (χ0) is 29.7. The summed E-state index contributed by atoms with van der Waals surface area (Å²) in [6, 6.07) is 0.712. The lowest BCUT2D eigenvalue weighted by Crippen LogP contribution is -2.64. The third-order valence-electron chi connectivity index (χ3n) is 8.94. The van der Waals surface area contributed by atoms with Gasteiger partial charge in [-0.2, -0.15) is 12.6 Å². The van der Waals surface area contributed by atoms with E-state index in [0.29, 0.717) is 35.8 Å². The Bertz CT molecular complexity index is 1350. The van der Waals surface area contributed by atoms with Crippen molar-refractivity contribution in [2.75, 3.05) is 39.9 Å². The summed E-state index contributed by atoms with van der Waals surface area (Å²) in [6.45, 7) is 8.55. The van der Waals surface area contributed by atoms with E-state index >= 15 is 0 Å². The number of likely N-dealkylation sites (N-methyl/N-ethyl adjacent to an activating group) is 1. The van der Waals surface area contributed by atoms with Gasteiger partial charge in [0.2, 0.25) is 6.79 Å². The summed E-state index contributed by atoms with van der Waals surface area (Å²) in [6.07, 6.45) is 1.26. The molecule has 224 valence electrons. The molecule has 5 atom stereocenters. The number of aromatic hydroxyl groups is 2. The van der Waals surface area contributed by atoms with Crippen molar-refractivity contribution in [2.45, 2.75) is 70.7 Å². The molecule has 4 aliphatic rings. The third kappa shape index (κ3) is 4.57. The van der Waals surface area contributed by atoms with Crippen LogP contribution in [-0.2, 0) is 22.4 Å². The Morgan fingerprint density at radius 2 is 1.88 bits per heavy atom. The number of carbonyl (C=O) groups excluding carboxylic acids is 1. The SMILES string of the molecule is CC.COc1c(C)cc2c(c1O)C1C3Cc4c(O)c(C)c5c(c4C(COC(=O)C(N)CS)N3CC(C2)N1C)OCO5. The molecule has 0 aliphatic carbocycles. The van der Waals surface area contributed by atoms with Crippen LogP contribution in [0.15, 0.2) is 6.07 Å². The van der Waals surface area contributed by atoms with E-state index in [1.54, 1.807) is 7.11 Å². The van der Waals surface area contributed by atoms with Crippen LogP contribution in [0.5, 0.6) is 28.7 Å². The molecule has 1 saturated heterocycles. The second-order valence-corrected chi connectivity index (χ2v) is 11.3. The number of benzene rings is 2. The predicted molar refractivity (Wildman–Crippen MR) is 157 cm³/mol. The van der Waals surface area contributed by atoms with E-state index in [9.17, 15) is 15.0 Å². The lowest BCUT2D eigenvalue weighted by Gasteiger charge is -2.57. The minimum absolute atomic E-state index is 0.0291. The molecule has 41 heavy (non-hydrogen) atoms. The molecular formula is C30H41N3O7S. The van der Waals surface area contributed by atoms with Gasteiger partial charge >= 0.3 is 5.97 Å². The molecule has 2 aromatic carbocycles. The van der Waals surface area contributed by atoms with Crippen molar-refractivity contribution in [3.05, 3.63) is 39.4 Å². The molecule has 4 N–H and O–H groups in total. The Morgan fingerprint density at radius 3 is 2.56 bits per heavy atom. The summed E-state index contributed by atoms with van der Waals surface area (Å²) in [4.78, 5) is 17.3. The fraction of sp³-hybridized carbons (Fsp3) is 0.567. The van der Waals surface area contributed by atoms with Crippen molar-refractivity contribution in [2.24, 2.45) is 5.73 Å². The molecule has 0 amide bonds. The first-order valence-electron chi connectivity index (χ1n) is 14.2. The minimum atomic E-state index is -0.838. The number of fused-ring (bicyclic) bond motifs is 9. The summed E-state index contributed by atoms with van der Waals surface area (Å²) in [5.74, 6) is 1.53. The Balaban J connectivity index is 0.00000165. The topological polar surface area (TPSA) is 127 Å². The molecule has 5 unspecified atom stereocenters. The number of nitrogens with zero attached hydrogens (tertiary/aromatic N) is 2. The van der Waals surface area contributed by atoms with E-state index in [-0.39, 0.29) is 48.8 Å². The molecule has 0 spiro atoms. The molecule has 11 heteroatoms. The molecule has 2 bridgehead atoms. The lowest BCUT2D eigenvalue weighted by molar-refractivity contribution is -0.148. The van der Waals surface area contributed by atoms with Crippen molar-refractivity contribution >= 4 is 18.6 Å². The van der Waals surface area contributed by atoms with Gasteiger partial charge in [-0.25, -0.2) is 0 Å². The molecule has 1 fully saturated rings. The first-order chi connectivity index (χ1) is 19.7. The van der Waals surface area contributed by atoms with Crippen molar-refractivity contribution in [3.63, 3.8) is 0 Å². The summed E-state index contributed by atoms with van der Waals surface area (Å²) in [5, 5.41) is 22.8. The average Bonchev–Trinajstić information content (AvgIpc) is 3.45. The summed E-state index contributed by atoms with van der Waals surface area (Å²) in [5.41, 5.74) is 10.9. The van der Waals surface area contributed by atoms with E-state index in [0.717, 1.165) is 34.2 Å². The number of carbonyl (C=O) groups is 1. The van der Waals surface area contributed by atoms with Crippen LogP contribution >= 0.6 is 12.6 Å². The molecule has 6 rings (SSSR count). The van der Waals surface area contributed by atoms with Gasteiger partial charge in [0.05, 0.1) is 19.2 Å². The smallest absolute Gasteiger partial charge is 0.323 e. The van der Waals surface area contributed by atoms with Crippen molar-refractivity contribution in [1.29, 1.82) is 0 Å². The molecule has 0 radical (unpaired) electrons. The highest BCUT2D eigenvalue weighted by Crippen LogP contribution is 2.57. The zero-order valence-electron chi connectivity index (χ0n) is 24.6. The van der Waals surface area contributed by atoms with Gasteiger partial charge in [-0.1, -0.05) is 19.9 Å². The summed E-state index contributed by atoms with van der Waals surface area (Å²) >= 11 is 4.14. The van der Waals surface area contributed by atoms with Gasteiger partial charge in [-0.3, -0.25) is 14.6 Å². The van der Waals surface area contributed by atoms with E-state index in [4.69, 9.17) is 24.7 Å². The van der Waals surface area contributed by atoms with E-state index in [1.807, 2.05) is 27.7 Å². The van der Waals surface area contributed by atoms with Crippen molar-refractivity contribution < 1.29 is 34.0 Å². The van der Waals surface area contributed by atoms with Crippen LogP contribution in [0, 0.1) is 13.8 Å². The predicted octanol–water partition coefficient (Wildman–Crippen LogP) is 3.16. The monoisotopic (exact) mass is 587 g/mol. The number of phenols is 2. The van der Waals surface area contributed by atoms with E-state index in [1.165, 1.54) is 0 Å².